The molecule has 0 saturated carbocycles. The number of imidazole rings is 1. The fourth-order valence-electron chi connectivity index (χ4n) is 3.10. The Morgan fingerprint density at radius 3 is 2.62 bits per heavy atom. The van der Waals surface area contributed by atoms with E-state index in [1.807, 2.05) is 18.2 Å². The Labute approximate surface area is 184 Å². The van der Waals surface area contributed by atoms with Crippen LogP contribution in [0.25, 0.3) is 11.2 Å². The molecular weight excluding hydrogens is 430 g/mol. The van der Waals surface area contributed by atoms with Crippen LogP contribution in [-0.4, -0.2) is 40.4 Å². The van der Waals surface area contributed by atoms with Crippen molar-refractivity contribution >= 4 is 50.1 Å². The summed E-state index contributed by atoms with van der Waals surface area (Å²) in [5, 5.41) is 6.33. The van der Waals surface area contributed by atoms with E-state index in [0.717, 1.165) is 11.8 Å². The first kappa shape index (κ1) is 21.2. The monoisotopic (exact) mass is 451 g/mol. The summed E-state index contributed by atoms with van der Waals surface area (Å²) >= 11 is 0. The van der Waals surface area contributed by atoms with Gasteiger partial charge in [-0.3, -0.25) is 9.52 Å². The van der Waals surface area contributed by atoms with E-state index >= 15 is 0 Å². The lowest BCUT2D eigenvalue weighted by molar-refractivity contribution is 0.101. The number of carbonyl (C=O) groups is 1. The zero-order chi connectivity index (χ0) is 22.7. The van der Waals surface area contributed by atoms with E-state index in [1.54, 1.807) is 30.3 Å². The summed E-state index contributed by atoms with van der Waals surface area (Å²) in [4.78, 5) is 27.8. The van der Waals surface area contributed by atoms with Crippen LogP contribution in [0.2, 0.25) is 0 Å². The van der Waals surface area contributed by atoms with Gasteiger partial charge in [0, 0.05) is 17.8 Å². The van der Waals surface area contributed by atoms with Crippen molar-refractivity contribution < 1.29 is 13.2 Å². The zero-order valence-electron chi connectivity index (χ0n) is 17.4. The number of hydrogen-bond donors (Lipinski definition) is 4. The van der Waals surface area contributed by atoms with Gasteiger partial charge in [-0.15, -0.1) is 0 Å². The van der Waals surface area contributed by atoms with Gasteiger partial charge in [0.2, 0.25) is 16.0 Å². The molecule has 4 aromatic rings. The first-order valence-electron chi connectivity index (χ1n) is 9.66. The quantitative estimate of drug-likeness (QED) is 0.299. The third-order valence-electron chi connectivity index (χ3n) is 4.49. The summed E-state index contributed by atoms with van der Waals surface area (Å²) < 4.78 is 25.4. The van der Waals surface area contributed by atoms with Gasteiger partial charge in [0.1, 0.15) is 5.52 Å². The Morgan fingerprint density at radius 1 is 1.06 bits per heavy atom. The molecule has 164 valence electrons. The molecule has 0 aliphatic rings. The number of hydrogen-bond acceptors (Lipinski definition) is 8. The Kier molecular flexibility index (Phi) is 5.73. The van der Waals surface area contributed by atoms with Crippen molar-refractivity contribution in [3.8, 4) is 0 Å². The highest BCUT2D eigenvalue weighted by atomic mass is 32.2. The van der Waals surface area contributed by atoms with E-state index in [-0.39, 0.29) is 5.78 Å². The normalized spacial score (nSPS) is 11.3. The van der Waals surface area contributed by atoms with Crippen molar-refractivity contribution in [3.05, 3.63) is 66.0 Å². The van der Waals surface area contributed by atoms with E-state index in [1.165, 1.54) is 13.3 Å². The molecule has 0 unspecified atom stereocenters. The minimum Gasteiger partial charge on any atom is -0.364 e. The van der Waals surface area contributed by atoms with Crippen LogP contribution in [0.1, 0.15) is 22.8 Å². The van der Waals surface area contributed by atoms with Gasteiger partial charge in [-0.25, -0.2) is 13.4 Å². The van der Waals surface area contributed by atoms with E-state index in [0.29, 0.717) is 46.4 Å². The van der Waals surface area contributed by atoms with Crippen LogP contribution >= 0.6 is 0 Å². The van der Waals surface area contributed by atoms with Crippen LogP contribution in [-0.2, 0) is 16.6 Å². The number of carbonyl (C=O) groups excluding carboxylic acids is 1. The fourth-order valence-corrected chi connectivity index (χ4v) is 3.66. The number of anilines is 4. The highest BCUT2D eigenvalue weighted by Crippen LogP contribution is 2.23. The van der Waals surface area contributed by atoms with Gasteiger partial charge in [-0.2, -0.15) is 9.97 Å². The second-order valence-electron chi connectivity index (χ2n) is 7.19. The van der Waals surface area contributed by atoms with Gasteiger partial charge in [0.25, 0.3) is 0 Å². The average molecular weight is 452 g/mol. The number of benzene rings is 2. The minimum atomic E-state index is -3.39. The van der Waals surface area contributed by atoms with E-state index in [9.17, 15) is 13.2 Å². The zero-order valence-corrected chi connectivity index (χ0v) is 18.2. The molecule has 0 atom stereocenters. The smallest absolute Gasteiger partial charge is 0.231 e. The molecule has 0 fully saturated rings. The molecule has 0 aliphatic heterocycles. The molecule has 0 aliphatic carbocycles. The molecule has 0 amide bonds. The maximum Gasteiger partial charge on any atom is 0.231 e. The van der Waals surface area contributed by atoms with Gasteiger partial charge in [0.05, 0.1) is 18.3 Å². The summed E-state index contributed by atoms with van der Waals surface area (Å²) in [5.74, 6) is 0.818. The summed E-state index contributed by atoms with van der Waals surface area (Å²) in [6.45, 7) is 1.97. The van der Waals surface area contributed by atoms with Gasteiger partial charge >= 0.3 is 0 Å². The lowest BCUT2D eigenvalue weighted by atomic mass is 10.1. The number of aromatic amines is 1. The van der Waals surface area contributed by atoms with Crippen LogP contribution in [0.5, 0.6) is 0 Å². The maximum atomic E-state index is 11.6. The van der Waals surface area contributed by atoms with Crippen molar-refractivity contribution in [3.63, 3.8) is 0 Å². The summed E-state index contributed by atoms with van der Waals surface area (Å²) in [5.41, 5.74) is 3.70. The highest BCUT2D eigenvalue weighted by molar-refractivity contribution is 7.92. The second kappa shape index (κ2) is 8.63. The minimum absolute atomic E-state index is 0.00246. The summed E-state index contributed by atoms with van der Waals surface area (Å²) in [6.07, 6.45) is 2.62. The number of ketones is 1. The number of fused-ring (bicyclic) bond motifs is 1. The predicted octanol–water partition coefficient (Wildman–Crippen LogP) is 3.28. The van der Waals surface area contributed by atoms with Gasteiger partial charge < -0.3 is 15.6 Å². The molecule has 11 heteroatoms. The van der Waals surface area contributed by atoms with E-state index in [2.05, 4.69) is 35.3 Å². The molecular formula is C21H21N7O3S. The highest BCUT2D eigenvalue weighted by Gasteiger charge is 2.11. The number of H-pyrrole nitrogens is 1. The molecule has 4 rings (SSSR count). The summed E-state index contributed by atoms with van der Waals surface area (Å²) in [6, 6.07) is 14.1. The van der Waals surface area contributed by atoms with E-state index < -0.39 is 10.0 Å². The molecule has 2 aromatic heterocycles. The van der Waals surface area contributed by atoms with Crippen molar-refractivity contribution in [2.24, 2.45) is 0 Å². The lowest BCUT2D eigenvalue weighted by Gasteiger charge is -2.11. The van der Waals surface area contributed by atoms with Gasteiger partial charge in [0.15, 0.2) is 17.2 Å². The Hall–Kier alpha value is -3.99. The number of nitrogens with one attached hydrogen (secondary N) is 4. The molecule has 2 aromatic carbocycles. The molecule has 10 nitrogen and oxygen atoms in total. The molecule has 4 N–H and O–H groups in total. The molecule has 0 bridgehead atoms. The van der Waals surface area contributed by atoms with E-state index in [4.69, 9.17) is 0 Å². The van der Waals surface area contributed by atoms with Crippen molar-refractivity contribution in [1.82, 2.24) is 19.9 Å². The van der Waals surface area contributed by atoms with Crippen molar-refractivity contribution in [1.29, 1.82) is 0 Å². The topological polar surface area (TPSA) is 142 Å². The van der Waals surface area contributed by atoms with Crippen molar-refractivity contribution in [2.45, 2.75) is 13.5 Å². The Morgan fingerprint density at radius 2 is 1.84 bits per heavy atom. The van der Waals surface area contributed by atoms with Gasteiger partial charge in [-0.1, -0.05) is 24.3 Å². The van der Waals surface area contributed by atoms with Crippen LogP contribution < -0.4 is 15.4 Å². The number of Topliss-reactive ketones (excluding diaryl/α,β-unsaturated/α-hetero) is 1. The van der Waals surface area contributed by atoms with Crippen LogP contribution in [0.3, 0.4) is 0 Å². The Balaban J connectivity index is 1.58. The molecule has 2 heterocycles. The number of nitrogens with zero attached hydrogens (tertiary/aromatic N) is 3. The summed E-state index contributed by atoms with van der Waals surface area (Å²) in [7, 11) is -3.39. The molecule has 0 spiro atoms. The first-order chi connectivity index (χ1) is 15.3. The lowest BCUT2D eigenvalue weighted by Crippen LogP contribution is -2.09. The second-order valence-corrected chi connectivity index (χ2v) is 8.93. The van der Waals surface area contributed by atoms with Gasteiger partial charge in [-0.05, 0) is 36.8 Å². The predicted molar refractivity (Wildman–Crippen MR) is 124 cm³/mol. The Bertz CT molecular complexity index is 1400. The molecule has 0 radical (unpaired) electrons. The number of sulfonamides is 1. The third kappa shape index (κ3) is 5.19. The van der Waals surface area contributed by atoms with Crippen LogP contribution in [0, 0.1) is 0 Å². The van der Waals surface area contributed by atoms with Crippen LogP contribution in [0.4, 0.5) is 23.1 Å². The first-order valence-corrected chi connectivity index (χ1v) is 11.6. The number of aromatic nitrogens is 4. The largest absolute Gasteiger partial charge is 0.364 e. The maximum absolute atomic E-state index is 11.6. The molecule has 0 saturated heterocycles. The number of rotatable bonds is 8. The van der Waals surface area contributed by atoms with Crippen LogP contribution in [0.15, 0.2) is 54.9 Å². The standard InChI is InChI=1S/C21H21N7O3S/c1-13(29)15-6-3-5-14(9-15)11-22-19-18-20(24-12-23-18)27-21(26-19)25-16-7-4-8-17(10-16)28-32(2,30)31/h3-10,12,28H,11H2,1-2H3,(H3,22,23,24,25,26,27). The SMILES string of the molecule is CC(=O)c1cccc(CNc2nc(Nc3cccc(NS(C)(=O)=O)c3)nc3[nH]cnc23)c1. The fraction of sp³-hybridized carbons (Fsp3) is 0.143. The van der Waals surface area contributed by atoms with Crippen molar-refractivity contribution in [2.75, 3.05) is 21.6 Å². The average Bonchev–Trinajstić information content (AvgIpc) is 3.20. The third-order valence-corrected chi connectivity index (χ3v) is 5.10. The molecule has 32 heavy (non-hydrogen) atoms.